The lowest BCUT2D eigenvalue weighted by Gasteiger charge is -2.46. The largest absolute Gasteiger partial charge is 0.372 e. The monoisotopic (exact) mass is 295 g/mol. The number of carbonyl (C=O) groups excluding carboxylic acids is 1. The van der Waals surface area contributed by atoms with Gasteiger partial charge < -0.3 is 20.3 Å². The standard InChI is InChI=1S/C12H21N7O2/c1-17-6-7-21-12(9-17)2-4-18(5-3-12)10(20)8-19-11(13)14-15-16-19/h2-9H2,1H3,(H2,13,14,16). The normalized spacial score (nSPS) is 22.6. The van der Waals surface area contributed by atoms with Gasteiger partial charge in [-0.05, 0) is 30.3 Å². The van der Waals surface area contributed by atoms with E-state index in [1.165, 1.54) is 4.68 Å². The van der Waals surface area contributed by atoms with Crippen LogP contribution in [0, 0.1) is 0 Å². The van der Waals surface area contributed by atoms with Crippen LogP contribution in [-0.2, 0) is 16.1 Å². The predicted octanol–water partition coefficient (Wildman–Crippen LogP) is -1.42. The highest BCUT2D eigenvalue weighted by Crippen LogP contribution is 2.29. The summed E-state index contributed by atoms with van der Waals surface area (Å²) < 4.78 is 7.31. The number of nitrogens with zero attached hydrogens (tertiary/aromatic N) is 6. The summed E-state index contributed by atoms with van der Waals surface area (Å²) in [6, 6.07) is 0. The summed E-state index contributed by atoms with van der Waals surface area (Å²) in [7, 11) is 2.11. The minimum Gasteiger partial charge on any atom is -0.372 e. The Morgan fingerprint density at radius 2 is 2.14 bits per heavy atom. The molecule has 0 unspecified atom stereocenters. The molecule has 2 aliphatic heterocycles. The third-order valence-electron chi connectivity index (χ3n) is 4.31. The van der Waals surface area contributed by atoms with Gasteiger partial charge in [0, 0.05) is 26.2 Å². The first-order chi connectivity index (χ1) is 10.1. The van der Waals surface area contributed by atoms with Gasteiger partial charge in [-0.25, -0.2) is 4.68 Å². The maximum Gasteiger partial charge on any atom is 0.244 e. The maximum absolute atomic E-state index is 12.3. The van der Waals surface area contributed by atoms with Crippen LogP contribution in [-0.4, -0.2) is 81.3 Å². The number of amides is 1. The molecule has 21 heavy (non-hydrogen) atoms. The third-order valence-corrected chi connectivity index (χ3v) is 4.31. The van der Waals surface area contributed by atoms with Crippen molar-refractivity contribution in [1.82, 2.24) is 30.0 Å². The first kappa shape index (κ1) is 14.2. The van der Waals surface area contributed by atoms with Crippen molar-refractivity contribution in [1.29, 1.82) is 0 Å². The van der Waals surface area contributed by atoms with E-state index in [0.717, 1.165) is 32.5 Å². The van der Waals surface area contributed by atoms with Gasteiger partial charge >= 0.3 is 0 Å². The number of aromatic nitrogens is 4. The Bertz CT molecular complexity index is 509. The van der Waals surface area contributed by atoms with E-state index < -0.39 is 0 Å². The van der Waals surface area contributed by atoms with Crippen molar-refractivity contribution in [3.8, 4) is 0 Å². The zero-order valence-corrected chi connectivity index (χ0v) is 12.2. The van der Waals surface area contributed by atoms with Crippen LogP contribution in [0.3, 0.4) is 0 Å². The van der Waals surface area contributed by atoms with Crippen molar-refractivity contribution in [3.63, 3.8) is 0 Å². The van der Waals surface area contributed by atoms with Crippen molar-refractivity contribution in [2.75, 3.05) is 45.6 Å². The molecule has 1 aromatic rings. The van der Waals surface area contributed by atoms with E-state index in [9.17, 15) is 4.79 Å². The molecule has 9 nitrogen and oxygen atoms in total. The number of likely N-dealkylation sites (N-methyl/N-ethyl adjacent to an activating group) is 1. The second-order valence-corrected chi connectivity index (χ2v) is 5.84. The van der Waals surface area contributed by atoms with Gasteiger partial charge in [0.1, 0.15) is 6.54 Å². The van der Waals surface area contributed by atoms with Gasteiger partial charge in [-0.1, -0.05) is 5.10 Å². The molecule has 3 heterocycles. The van der Waals surface area contributed by atoms with Crippen LogP contribution in [0.2, 0.25) is 0 Å². The molecule has 0 bridgehead atoms. The number of morpholine rings is 1. The number of piperidine rings is 1. The Hall–Kier alpha value is -1.74. The van der Waals surface area contributed by atoms with Gasteiger partial charge in [-0.15, -0.1) is 0 Å². The molecule has 2 aliphatic rings. The number of likely N-dealkylation sites (tertiary alicyclic amines) is 1. The number of tetrazole rings is 1. The van der Waals surface area contributed by atoms with Crippen LogP contribution < -0.4 is 5.73 Å². The van der Waals surface area contributed by atoms with E-state index in [4.69, 9.17) is 10.5 Å². The molecule has 0 aliphatic carbocycles. The van der Waals surface area contributed by atoms with E-state index in [2.05, 4.69) is 27.5 Å². The lowest BCUT2D eigenvalue weighted by atomic mass is 9.89. The molecule has 0 atom stereocenters. The number of nitrogen functional groups attached to an aromatic ring is 1. The fraction of sp³-hybridized carbons (Fsp3) is 0.833. The number of hydrogen-bond donors (Lipinski definition) is 1. The van der Waals surface area contributed by atoms with Crippen LogP contribution in [0.25, 0.3) is 0 Å². The molecular formula is C12H21N7O2. The van der Waals surface area contributed by atoms with Crippen molar-refractivity contribution < 1.29 is 9.53 Å². The lowest BCUT2D eigenvalue weighted by Crippen LogP contribution is -2.56. The summed E-state index contributed by atoms with van der Waals surface area (Å²) >= 11 is 0. The highest BCUT2D eigenvalue weighted by Gasteiger charge is 2.39. The van der Waals surface area contributed by atoms with E-state index in [1.54, 1.807) is 0 Å². The number of anilines is 1. The lowest BCUT2D eigenvalue weighted by molar-refractivity contribution is -0.148. The molecular weight excluding hydrogens is 274 g/mol. The minimum absolute atomic E-state index is 0.00647. The number of hydrogen-bond acceptors (Lipinski definition) is 7. The summed E-state index contributed by atoms with van der Waals surface area (Å²) in [5.41, 5.74) is 5.49. The molecule has 2 saturated heterocycles. The molecule has 0 aromatic carbocycles. The molecule has 1 spiro atoms. The Labute approximate surface area is 123 Å². The average Bonchev–Trinajstić information content (AvgIpc) is 2.85. The Morgan fingerprint density at radius 1 is 1.38 bits per heavy atom. The van der Waals surface area contributed by atoms with Gasteiger partial charge in [-0.3, -0.25) is 4.79 Å². The van der Waals surface area contributed by atoms with Crippen LogP contribution >= 0.6 is 0 Å². The van der Waals surface area contributed by atoms with E-state index in [0.29, 0.717) is 13.1 Å². The summed E-state index contributed by atoms with van der Waals surface area (Å²) in [6.07, 6.45) is 1.74. The van der Waals surface area contributed by atoms with E-state index in [-0.39, 0.29) is 24.0 Å². The highest BCUT2D eigenvalue weighted by atomic mass is 16.5. The van der Waals surface area contributed by atoms with Gasteiger partial charge in [0.25, 0.3) is 0 Å². The summed E-state index contributed by atoms with van der Waals surface area (Å²) in [4.78, 5) is 16.4. The van der Waals surface area contributed by atoms with E-state index >= 15 is 0 Å². The second-order valence-electron chi connectivity index (χ2n) is 5.84. The van der Waals surface area contributed by atoms with Gasteiger partial charge in [-0.2, -0.15) is 0 Å². The molecule has 2 fully saturated rings. The molecule has 2 N–H and O–H groups in total. The highest BCUT2D eigenvalue weighted by molar-refractivity contribution is 5.76. The fourth-order valence-corrected chi connectivity index (χ4v) is 3.05. The van der Waals surface area contributed by atoms with Crippen LogP contribution in [0.5, 0.6) is 0 Å². The smallest absolute Gasteiger partial charge is 0.244 e. The summed E-state index contributed by atoms with van der Waals surface area (Å²) in [5.74, 6) is 0.155. The van der Waals surface area contributed by atoms with Crippen molar-refractivity contribution >= 4 is 11.9 Å². The first-order valence-electron chi connectivity index (χ1n) is 7.20. The Morgan fingerprint density at radius 3 is 2.76 bits per heavy atom. The molecule has 116 valence electrons. The number of rotatable bonds is 2. The topological polar surface area (TPSA) is 102 Å². The Balaban J connectivity index is 1.55. The number of ether oxygens (including phenoxy) is 1. The fourth-order valence-electron chi connectivity index (χ4n) is 3.05. The zero-order valence-electron chi connectivity index (χ0n) is 12.2. The van der Waals surface area contributed by atoms with Crippen molar-refractivity contribution in [2.24, 2.45) is 0 Å². The van der Waals surface area contributed by atoms with Crippen LogP contribution in [0.4, 0.5) is 5.95 Å². The Kier molecular flexibility index (Phi) is 3.77. The molecule has 1 amide bonds. The number of nitrogens with two attached hydrogens (primary N) is 1. The average molecular weight is 295 g/mol. The number of carbonyl (C=O) groups is 1. The SMILES string of the molecule is CN1CCOC2(CCN(C(=O)Cn3nnnc3N)CC2)C1. The van der Waals surface area contributed by atoms with Crippen LogP contribution in [0.1, 0.15) is 12.8 Å². The van der Waals surface area contributed by atoms with Crippen molar-refractivity contribution in [3.05, 3.63) is 0 Å². The zero-order chi connectivity index (χ0) is 14.9. The molecule has 0 saturated carbocycles. The van der Waals surface area contributed by atoms with Gasteiger partial charge in [0.2, 0.25) is 11.9 Å². The molecule has 0 radical (unpaired) electrons. The van der Waals surface area contributed by atoms with Gasteiger partial charge in [0.05, 0.1) is 12.2 Å². The van der Waals surface area contributed by atoms with E-state index in [1.807, 2.05) is 4.90 Å². The molecule has 9 heteroatoms. The first-order valence-corrected chi connectivity index (χ1v) is 7.20. The molecule has 3 rings (SSSR count). The third kappa shape index (κ3) is 2.98. The molecule has 1 aromatic heterocycles. The second kappa shape index (κ2) is 5.57. The van der Waals surface area contributed by atoms with Crippen LogP contribution in [0.15, 0.2) is 0 Å². The predicted molar refractivity (Wildman–Crippen MR) is 74.2 cm³/mol. The summed E-state index contributed by atoms with van der Waals surface area (Å²) in [5, 5.41) is 10.7. The minimum atomic E-state index is -0.0857. The van der Waals surface area contributed by atoms with Gasteiger partial charge in [0.15, 0.2) is 0 Å². The maximum atomic E-state index is 12.3. The quantitative estimate of drug-likeness (QED) is 0.714. The summed E-state index contributed by atoms with van der Waals surface area (Å²) in [6.45, 7) is 4.18. The van der Waals surface area contributed by atoms with Crippen molar-refractivity contribution in [2.45, 2.75) is 25.0 Å².